The summed E-state index contributed by atoms with van der Waals surface area (Å²) in [6, 6.07) is 15.3. The number of aliphatic hydroxyl groups is 1. The standard InChI is InChI=1S/C26H30N4O6/c1-17(26(35)36)29-24(33)22(15-19-10-6-3-7-11-19)30(23(32)16-20(31)12-13-27)25(34)21(28)14-18-8-4-2-5-9-18/h2-11,17,20-22,31H,12,14-16,28H2,1H3,(H,29,33)(H,35,36)/t17-,20-,21-,22-/m1/s1. The number of nitrogens with one attached hydrogen (secondary N) is 1. The second-order valence-electron chi connectivity index (χ2n) is 8.39. The van der Waals surface area contributed by atoms with Crippen molar-refractivity contribution < 1.29 is 29.4 Å². The molecular formula is C26H30N4O6. The zero-order chi connectivity index (χ0) is 26.7. The lowest BCUT2D eigenvalue weighted by molar-refractivity contribution is -0.154. The predicted molar refractivity (Wildman–Crippen MR) is 130 cm³/mol. The molecule has 0 aliphatic rings. The van der Waals surface area contributed by atoms with Crippen LogP contribution in [-0.2, 0) is 32.0 Å². The minimum Gasteiger partial charge on any atom is -0.480 e. The molecule has 36 heavy (non-hydrogen) atoms. The summed E-state index contributed by atoms with van der Waals surface area (Å²) in [5, 5.41) is 30.5. The monoisotopic (exact) mass is 494 g/mol. The fourth-order valence-electron chi connectivity index (χ4n) is 3.57. The van der Waals surface area contributed by atoms with E-state index in [1.807, 2.05) is 0 Å². The van der Waals surface area contributed by atoms with Crippen molar-refractivity contribution in [2.45, 2.75) is 56.8 Å². The molecule has 4 atom stereocenters. The largest absolute Gasteiger partial charge is 0.480 e. The maximum Gasteiger partial charge on any atom is 0.325 e. The van der Waals surface area contributed by atoms with Gasteiger partial charge in [-0.25, -0.2) is 0 Å². The molecule has 2 aromatic rings. The zero-order valence-electron chi connectivity index (χ0n) is 19.9. The van der Waals surface area contributed by atoms with Crippen molar-refractivity contribution in [1.82, 2.24) is 10.2 Å². The lowest BCUT2D eigenvalue weighted by Gasteiger charge is -2.32. The Kier molecular flexibility index (Phi) is 10.7. The van der Waals surface area contributed by atoms with E-state index in [-0.39, 0.29) is 19.3 Å². The Morgan fingerprint density at radius 1 is 1.00 bits per heavy atom. The average molecular weight is 495 g/mol. The van der Waals surface area contributed by atoms with E-state index in [4.69, 9.17) is 11.0 Å². The van der Waals surface area contributed by atoms with Crippen LogP contribution in [0.4, 0.5) is 0 Å². The third-order valence-electron chi connectivity index (χ3n) is 5.47. The minimum atomic E-state index is -1.44. The number of imide groups is 1. The Morgan fingerprint density at radius 2 is 1.53 bits per heavy atom. The van der Waals surface area contributed by atoms with E-state index in [0.717, 1.165) is 5.56 Å². The molecular weight excluding hydrogens is 464 g/mol. The first kappa shape index (κ1) is 28.2. The van der Waals surface area contributed by atoms with Crippen LogP contribution in [0.5, 0.6) is 0 Å². The first-order chi connectivity index (χ1) is 17.1. The molecule has 0 heterocycles. The molecule has 2 aromatic carbocycles. The Hall–Kier alpha value is -4.07. The quantitative estimate of drug-likeness (QED) is 0.335. The number of nitrogens with zero attached hydrogens (tertiary/aromatic N) is 2. The topological polar surface area (TPSA) is 174 Å². The molecule has 0 saturated heterocycles. The number of nitriles is 1. The number of hydrogen-bond acceptors (Lipinski definition) is 7. The fourth-order valence-corrected chi connectivity index (χ4v) is 3.57. The summed E-state index contributed by atoms with van der Waals surface area (Å²) in [5.74, 6) is -3.91. The molecule has 2 rings (SSSR count). The maximum absolute atomic E-state index is 13.5. The van der Waals surface area contributed by atoms with Crippen molar-refractivity contribution in [3.05, 3.63) is 71.8 Å². The number of hydrogen-bond donors (Lipinski definition) is 4. The normalized spacial score (nSPS) is 13.9. The van der Waals surface area contributed by atoms with Gasteiger partial charge in [-0.15, -0.1) is 0 Å². The van der Waals surface area contributed by atoms with Gasteiger partial charge in [0.25, 0.3) is 0 Å². The van der Waals surface area contributed by atoms with Crippen LogP contribution in [0.25, 0.3) is 0 Å². The number of carbonyl (C=O) groups is 4. The second kappa shape index (κ2) is 13.7. The van der Waals surface area contributed by atoms with E-state index in [0.29, 0.717) is 10.5 Å². The lowest BCUT2D eigenvalue weighted by atomic mass is 9.99. The molecule has 3 amide bonds. The summed E-state index contributed by atoms with van der Waals surface area (Å²) in [7, 11) is 0. The number of aliphatic hydroxyl groups excluding tert-OH is 1. The maximum atomic E-state index is 13.5. The van der Waals surface area contributed by atoms with Crippen molar-refractivity contribution in [2.75, 3.05) is 0 Å². The van der Waals surface area contributed by atoms with Crippen LogP contribution in [0.1, 0.15) is 30.9 Å². The van der Waals surface area contributed by atoms with Gasteiger partial charge in [-0.3, -0.25) is 24.1 Å². The number of nitrogens with two attached hydrogens (primary N) is 1. The van der Waals surface area contributed by atoms with Crippen LogP contribution in [0.2, 0.25) is 0 Å². The van der Waals surface area contributed by atoms with Crippen molar-refractivity contribution >= 4 is 23.7 Å². The van der Waals surface area contributed by atoms with E-state index < -0.39 is 54.3 Å². The van der Waals surface area contributed by atoms with Crippen LogP contribution < -0.4 is 11.1 Å². The first-order valence-electron chi connectivity index (χ1n) is 11.4. The van der Waals surface area contributed by atoms with E-state index in [2.05, 4.69) is 5.32 Å². The zero-order valence-corrected chi connectivity index (χ0v) is 19.9. The Balaban J connectivity index is 2.46. The number of rotatable bonds is 12. The summed E-state index contributed by atoms with van der Waals surface area (Å²) in [4.78, 5) is 52.1. The van der Waals surface area contributed by atoms with Crippen molar-refractivity contribution in [2.24, 2.45) is 5.73 Å². The molecule has 5 N–H and O–H groups in total. The van der Waals surface area contributed by atoms with E-state index in [1.165, 1.54) is 6.92 Å². The summed E-state index contributed by atoms with van der Waals surface area (Å²) in [6.07, 6.45) is -2.33. The van der Waals surface area contributed by atoms with Gasteiger partial charge in [0.05, 0.1) is 31.1 Å². The molecule has 0 spiro atoms. The molecule has 0 aliphatic carbocycles. The van der Waals surface area contributed by atoms with Gasteiger partial charge in [-0.1, -0.05) is 60.7 Å². The summed E-state index contributed by atoms with van der Waals surface area (Å²) >= 11 is 0. The van der Waals surface area contributed by atoms with Crippen molar-refractivity contribution in [3.63, 3.8) is 0 Å². The van der Waals surface area contributed by atoms with Crippen molar-refractivity contribution in [3.8, 4) is 6.07 Å². The Morgan fingerprint density at radius 3 is 2.03 bits per heavy atom. The van der Waals surface area contributed by atoms with Gasteiger partial charge in [0.1, 0.15) is 12.1 Å². The average Bonchev–Trinajstić information content (AvgIpc) is 2.84. The van der Waals surface area contributed by atoms with Crippen LogP contribution >= 0.6 is 0 Å². The third-order valence-corrected chi connectivity index (χ3v) is 5.47. The molecule has 190 valence electrons. The summed E-state index contributed by atoms with van der Waals surface area (Å²) < 4.78 is 0. The summed E-state index contributed by atoms with van der Waals surface area (Å²) in [6.45, 7) is 1.26. The molecule has 0 saturated carbocycles. The minimum absolute atomic E-state index is 0.0788. The van der Waals surface area contributed by atoms with Crippen LogP contribution in [0.15, 0.2) is 60.7 Å². The van der Waals surface area contributed by atoms with Gasteiger partial charge in [-0.05, 0) is 24.5 Å². The number of aliphatic carboxylic acids is 1. The molecule has 0 fully saturated rings. The predicted octanol–water partition coefficient (Wildman–Crippen LogP) is 0.777. The van der Waals surface area contributed by atoms with Crippen molar-refractivity contribution in [1.29, 1.82) is 5.26 Å². The van der Waals surface area contributed by atoms with Crippen LogP contribution in [-0.4, -0.2) is 63.0 Å². The number of carboxylic acid groups (broad SMARTS) is 1. The molecule has 0 bridgehead atoms. The highest BCUT2D eigenvalue weighted by Crippen LogP contribution is 2.16. The summed E-state index contributed by atoms with van der Waals surface area (Å²) in [5.41, 5.74) is 7.52. The Bertz CT molecular complexity index is 1090. The SMILES string of the molecule is C[C@@H](NC(=O)[C@@H](Cc1ccccc1)N(C(=O)C[C@H](O)CC#N)C(=O)[C@H](N)Cc1ccccc1)C(=O)O. The van der Waals surface area contributed by atoms with Gasteiger partial charge in [0.2, 0.25) is 17.7 Å². The van der Waals surface area contributed by atoms with Gasteiger partial charge < -0.3 is 21.3 Å². The molecule has 10 nitrogen and oxygen atoms in total. The smallest absolute Gasteiger partial charge is 0.325 e. The van der Waals surface area contributed by atoms with E-state index in [1.54, 1.807) is 66.7 Å². The highest BCUT2D eigenvalue weighted by atomic mass is 16.4. The van der Waals surface area contributed by atoms with E-state index in [9.17, 15) is 29.4 Å². The highest BCUT2D eigenvalue weighted by Gasteiger charge is 2.38. The highest BCUT2D eigenvalue weighted by molar-refractivity contribution is 6.03. The molecule has 10 heteroatoms. The number of benzene rings is 2. The fraction of sp³-hybridized carbons (Fsp3) is 0.346. The van der Waals surface area contributed by atoms with Gasteiger partial charge in [0, 0.05) is 6.42 Å². The van der Waals surface area contributed by atoms with Crippen LogP contribution in [0, 0.1) is 11.3 Å². The Labute approximate surface area is 209 Å². The second-order valence-corrected chi connectivity index (χ2v) is 8.39. The van der Waals surface area contributed by atoms with Gasteiger partial charge in [0.15, 0.2) is 0 Å². The third kappa shape index (κ3) is 8.30. The molecule has 0 aliphatic heterocycles. The van der Waals surface area contributed by atoms with Gasteiger partial charge >= 0.3 is 5.97 Å². The molecule has 0 aromatic heterocycles. The van der Waals surface area contributed by atoms with E-state index >= 15 is 0 Å². The molecule has 0 radical (unpaired) electrons. The number of carbonyl (C=O) groups excluding carboxylic acids is 3. The number of amides is 3. The number of carboxylic acids is 1. The van der Waals surface area contributed by atoms with Crippen LogP contribution in [0.3, 0.4) is 0 Å². The molecule has 0 unspecified atom stereocenters. The lowest BCUT2D eigenvalue weighted by Crippen LogP contribution is -2.59. The first-order valence-corrected chi connectivity index (χ1v) is 11.4. The van der Waals surface area contributed by atoms with Gasteiger partial charge in [-0.2, -0.15) is 5.26 Å².